The van der Waals surface area contributed by atoms with Gasteiger partial charge in [-0.05, 0) is 27.2 Å². The smallest absolute Gasteiger partial charge is 0.410 e. The largest absolute Gasteiger partial charge is 0.444 e. The van der Waals surface area contributed by atoms with Crippen LogP contribution in [0.1, 0.15) is 59.8 Å². The zero-order valence-corrected chi connectivity index (χ0v) is 13.9. The number of nitrogens with zero attached hydrogens (tertiary/aromatic N) is 1. The van der Waals surface area contributed by atoms with Gasteiger partial charge in [-0.25, -0.2) is 4.79 Å². The van der Waals surface area contributed by atoms with Gasteiger partial charge >= 0.3 is 6.09 Å². The van der Waals surface area contributed by atoms with E-state index in [-0.39, 0.29) is 12.1 Å². The van der Waals surface area contributed by atoms with Crippen molar-refractivity contribution < 1.29 is 19.4 Å². The molecule has 1 aliphatic rings. The summed E-state index contributed by atoms with van der Waals surface area (Å²) in [7, 11) is 0. The van der Waals surface area contributed by atoms with Gasteiger partial charge in [-0.15, -0.1) is 0 Å². The summed E-state index contributed by atoms with van der Waals surface area (Å²) in [5.74, 6) is 0. The first-order chi connectivity index (χ1) is 9.85. The van der Waals surface area contributed by atoms with E-state index in [0.29, 0.717) is 26.2 Å². The molecule has 2 unspecified atom stereocenters. The second-order valence-electron chi connectivity index (χ2n) is 6.73. The van der Waals surface area contributed by atoms with Crippen molar-refractivity contribution in [3.63, 3.8) is 0 Å². The van der Waals surface area contributed by atoms with Gasteiger partial charge in [-0.2, -0.15) is 0 Å². The summed E-state index contributed by atoms with van der Waals surface area (Å²) in [5, 5.41) is 10.4. The molecule has 5 nitrogen and oxygen atoms in total. The summed E-state index contributed by atoms with van der Waals surface area (Å²) in [5.41, 5.74) is -0.522. The first-order valence-corrected chi connectivity index (χ1v) is 8.10. The van der Waals surface area contributed by atoms with Crippen LogP contribution < -0.4 is 0 Å². The molecule has 21 heavy (non-hydrogen) atoms. The molecule has 0 aromatic heterocycles. The molecule has 0 spiro atoms. The van der Waals surface area contributed by atoms with Crippen LogP contribution in [0.5, 0.6) is 0 Å². The monoisotopic (exact) mass is 301 g/mol. The number of hydrogen-bond acceptors (Lipinski definition) is 4. The summed E-state index contributed by atoms with van der Waals surface area (Å²) in [4.78, 5) is 13.9. The Labute approximate surface area is 128 Å². The van der Waals surface area contributed by atoms with E-state index in [2.05, 4.69) is 6.92 Å². The van der Waals surface area contributed by atoms with E-state index in [1.807, 2.05) is 20.8 Å². The number of aliphatic hydroxyl groups is 1. The number of carbonyl (C=O) groups excluding carboxylic acids is 1. The fourth-order valence-electron chi connectivity index (χ4n) is 2.46. The van der Waals surface area contributed by atoms with Gasteiger partial charge in [-0.3, -0.25) is 4.90 Å². The van der Waals surface area contributed by atoms with Crippen molar-refractivity contribution in [2.24, 2.45) is 0 Å². The van der Waals surface area contributed by atoms with Crippen molar-refractivity contribution in [2.75, 3.05) is 19.8 Å². The molecule has 5 heteroatoms. The topological polar surface area (TPSA) is 59.0 Å². The minimum atomic E-state index is -0.547. The Morgan fingerprint density at radius 2 is 2.10 bits per heavy atom. The highest BCUT2D eigenvalue weighted by atomic mass is 16.6. The highest BCUT2D eigenvalue weighted by molar-refractivity contribution is 5.68. The lowest BCUT2D eigenvalue weighted by Gasteiger charge is -2.38. The fraction of sp³-hybridized carbons (Fsp3) is 0.938. The Morgan fingerprint density at radius 3 is 2.71 bits per heavy atom. The van der Waals surface area contributed by atoms with Crippen LogP contribution >= 0.6 is 0 Å². The van der Waals surface area contributed by atoms with Gasteiger partial charge in [-0.1, -0.05) is 32.6 Å². The fourth-order valence-corrected chi connectivity index (χ4v) is 2.46. The van der Waals surface area contributed by atoms with Crippen LogP contribution in [0.25, 0.3) is 0 Å². The molecule has 0 aliphatic carbocycles. The predicted molar refractivity (Wildman–Crippen MR) is 82.3 cm³/mol. The third-order valence-electron chi connectivity index (χ3n) is 3.59. The maximum atomic E-state index is 12.2. The van der Waals surface area contributed by atoms with E-state index in [1.54, 1.807) is 4.90 Å². The minimum absolute atomic E-state index is 0.296. The maximum Gasteiger partial charge on any atom is 0.410 e. The second-order valence-corrected chi connectivity index (χ2v) is 6.73. The molecule has 124 valence electrons. The molecule has 1 rings (SSSR count). The molecule has 1 saturated heterocycles. The molecule has 1 fully saturated rings. The lowest BCUT2D eigenvalue weighted by molar-refractivity contribution is -0.0681. The van der Waals surface area contributed by atoms with Crippen LogP contribution in [0.2, 0.25) is 0 Å². The Kier molecular flexibility index (Phi) is 7.46. The number of rotatable bonds is 6. The quantitative estimate of drug-likeness (QED) is 0.766. The van der Waals surface area contributed by atoms with Crippen LogP contribution in [0.4, 0.5) is 4.79 Å². The molecule has 0 radical (unpaired) electrons. The van der Waals surface area contributed by atoms with E-state index in [9.17, 15) is 9.90 Å². The van der Waals surface area contributed by atoms with Crippen molar-refractivity contribution in [3.05, 3.63) is 0 Å². The average molecular weight is 301 g/mol. The Morgan fingerprint density at radius 1 is 1.38 bits per heavy atom. The highest BCUT2D eigenvalue weighted by Gasteiger charge is 2.34. The van der Waals surface area contributed by atoms with Crippen molar-refractivity contribution in [2.45, 2.75) is 77.5 Å². The Hall–Kier alpha value is -0.810. The van der Waals surface area contributed by atoms with Crippen molar-refractivity contribution in [1.82, 2.24) is 4.90 Å². The number of carbonyl (C=O) groups is 1. The number of amides is 1. The lowest BCUT2D eigenvalue weighted by atomic mass is 10.0. The lowest BCUT2D eigenvalue weighted by Crippen LogP contribution is -2.55. The SMILES string of the molecule is CCCCCCC(O)C1COCCN1C(=O)OC(C)(C)C. The number of ether oxygens (including phenoxy) is 2. The molecule has 0 saturated carbocycles. The summed E-state index contributed by atoms with van der Waals surface area (Å²) in [6, 6.07) is -0.296. The van der Waals surface area contributed by atoms with Crippen LogP contribution in [0.3, 0.4) is 0 Å². The van der Waals surface area contributed by atoms with E-state index >= 15 is 0 Å². The molecule has 1 aliphatic heterocycles. The summed E-state index contributed by atoms with van der Waals surface area (Å²) in [6.45, 7) is 9.07. The normalized spacial score (nSPS) is 21.2. The van der Waals surface area contributed by atoms with Crippen molar-refractivity contribution in [1.29, 1.82) is 0 Å². The molecule has 0 aromatic rings. The third-order valence-corrected chi connectivity index (χ3v) is 3.59. The van der Waals surface area contributed by atoms with Gasteiger partial charge in [0.15, 0.2) is 0 Å². The standard InChI is InChI=1S/C16H31NO4/c1-5-6-7-8-9-14(18)13-12-20-11-10-17(13)15(19)21-16(2,3)4/h13-14,18H,5-12H2,1-4H3. The molecular formula is C16H31NO4. The summed E-state index contributed by atoms with van der Waals surface area (Å²) < 4.78 is 10.9. The predicted octanol–water partition coefficient (Wildman–Crippen LogP) is 2.95. The second kappa shape index (κ2) is 8.59. The van der Waals surface area contributed by atoms with Gasteiger partial charge in [0, 0.05) is 6.54 Å². The number of unbranched alkanes of at least 4 members (excludes halogenated alkanes) is 3. The first kappa shape index (κ1) is 18.2. The van der Waals surface area contributed by atoms with Crippen LogP contribution in [0, 0.1) is 0 Å². The van der Waals surface area contributed by atoms with Crippen LogP contribution in [0.15, 0.2) is 0 Å². The van der Waals surface area contributed by atoms with E-state index < -0.39 is 11.7 Å². The van der Waals surface area contributed by atoms with E-state index in [4.69, 9.17) is 9.47 Å². The molecule has 1 amide bonds. The molecule has 2 atom stereocenters. The Balaban J connectivity index is 2.53. The van der Waals surface area contributed by atoms with Gasteiger partial charge in [0.25, 0.3) is 0 Å². The van der Waals surface area contributed by atoms with Gasteiger partial charge in [0.1, 0.15) is 5.60 Å². The molecule has 1 heterocycles. The zero-order chi connectivity index (χ0) is 15.9. The Bertz CT molecular complexity index is 314. The van der Waals surface area contributed by atoms with Gasteiger partial charge in [0.05, 0.1) is 25.4 Å². The summed E-state index contributed by atoms with van der Waals surface area (Å²) in [6.07, 6.45) is 4.25. The molecule has 0 bridgehead atoms. The van der Waals surface area contributed by atoms with Gasteiger partial charge in [0.2, 0.25) is 0 Å². The molecule has 0 aromatic carbocycles. The summed E-state index contributed by atoms with van der Waals surface area (Å²) >= 11 is 0. The number of morpholine rings is 1. The van der Waals surface area contributed by atoms with Crippen molar-refractivity contribution >= 4 is 6.09 Å². The molecule has 1 N–H and O–H groups in total. The van der Waals surface area contributed by atoms with Crippen LogP contribution in [-0.4, -0.2) is 53.6 Å². The number of hydrogen-bond donors (Lipinski definition) is 1. The molecular weight excluding hydrogens is 270 g/mol. The highest BCUT2D eigenvalue weighted by Crippen LogP contribution is 2.19. The zero-order valence-electron chi connectivity index (χ0n) is 13.9. The van der Waals surface area contributed by atoms with E-state index in [0.717, 1.165) is 12.8 Å². The third kappa shape index (κ3) is 6.66. The van der Waals surface area contributed by atoms with E-state index in [1.165, 1.54) is 12.8 Å². The minimum Gasteiger partial charge on any atom is -0.444 e. The number of aliphatic hydroxyl groups excluding tert-OH is 1. The van der Waals surface area contributed by atoms with Crippen LogP contribution in [-0.2, 0) is 9.47 Å². The van der Waals surface area contributed by atoms with Crippen molar-refractivity contribution in [3.8, 4) is 0 Å². The van der Waals surface area contributed by atoms with Gasteiger partial charge < -0.3 is 14.6 Å². The maximum absolute atomic E-state index is 12.2. The average Bonchev–Trinajstić information content (AvgIpc) is 2.41. The first-order valence-electron chi connectivity index (χ1n) is 8.10.